The third kappa shape index (κ3) is 2.62. The molecule has 0 aliphatic carbocycles. The summed E-state index contributed by atoms with van der Waals surface area (Å²) in [6, 6.07) is 21.5. The summed E-state index contributed by atoms with van der Waals surface area (Å²) in [6.07, 6.45) is -2.61. The summed E-state index contributed by atoms with van der Waals surface area (Å²) >= 11 is 0. The second-order valence-electron chi connectivity index (χ2n) is 6.83. The van der Waals surface area contributed by atoms with Crippen molar-refractivity contribution in [2.75, 3.05) is 4.90 Å². The average molecular weight is 376 g/mol. The molecule has 5 heteroatoms. The van der Waals surface area contributed by atoms with Gasteiger partial charge in [-0.15, -0.1) is 0 Å². The third-order valence-electron chi connectivity index (χ3n) is 5.15. The lowest BCUT2D eigenvalue weighted by molar-refractivity contribution is -0.137. The molecule has 0 saturated carbocycles. The summed E-state index contributed by atoms with van der Waals surface area (Å²) in [4.78, 5) is 6.67. The maximum atomic E-state index is 13.2. The molecule has 1 aliphatic heterocycles. The third-order valence-corrected chi connectivity index (χ3v) is 5.15. The highest BCUT2D eigenvalue weighted by molar-refractivity contribution is 5.96. The van der Waals surface area contributed by atoms with Gasteiger partial charge in [0.05, 0.1) is 16.8 Å². The van der Waals surface area contributed by atoms with Crippen molar-refractivity contribution in [3.8, 4) is 11.1 Å². The van der Waals surface area contributed by atoms with Crippen LogP contribution in [-0.4, -0.2) is 4.98 Å². The zero-order chi connectivity index (χ0) is 19.3. The number of hydrogen-bond acceptors (Lipinski definition) is 2. The van der Waals surface area contributed by atoms with E-state index in [0.29, 0.717) is 12.1 Å². The molecule has 0 unspecified atom stereocenters. The summed E-state index contributed by atoms with van der Waals surface area (Å²) in [5.74, 6) is 0. The van der Waals surface area contributed by atoms with Crippen molar-refractivity contribution in [1.82, 2.24) is 4.98 Å². The van der Waals surface area contributed by atoms with E-state index in [1.807, 2.05) is 54.6 Å². The Bertz CT molecular complexity index is 1190. The lowest BCUT2D eigenvalue weighted by Crippen LogP contribution is -2.22. The molecule has 28 heavy (non-hydrogen) atoms. The number of fused-ring (bicyclic) bond motifs is 4. The highest BCUT2D eigenvalue weighted by Gasteiger charge is 2.33. The van der Waals surface area contributed by atoms with Crippen LogP contribution in [-0.2, 0) is 12.7 Å². The average Bonchev–Trinajstić information content (AvgIpc) is 2.72. The van der Waals surface area contributed by atoms with E-state index >= 15 is 0 Å². The molecular weight excluding hydrogens is 361 g/mol. The predicted octanol–water partition coefficient (Wildman–Crippen LogP) is 6.57. The molecule has 0 radical (unpaired) electrons. The number of anilines is 2. The lowest BCUT2D eigenvalue weighted by atomic mass is 9.91. The number of aromatic nitrogens is 1. The zero-order valence-corrected chi connectivity index (χ0v) is 14.7. The maximum Gasteiger partial charge on any atom is 0.416 e. The van der Waals surface area contributed by atoms with Crippen LogP contribution in [0.25, 0.3) is 22.0 Å². The number of para-hydroxylation sites is 2. The number of hydrogen-bond donors (Lipinski definition) is 0. The van der Waals surface area contributed by atoms with E-state index < -0.39 is 11.7 Å². The van der Waals surface area contributed by atoms with Crippen molar-refractivity contribution in [2.24, 2.45) is 0 Å². The highest BCUT2D eigenvalue weighted by atomic mass is 19.4. The second kappa shape index (κ2) is 6.09. The van der Waals surface area contributed by atoms with E-state index in [2.05, 4.69) is 9.88 Å². The molecule has 4 aromatic rings. The van der Waals surface area contributed by atoms with Gasteiger partial charge in [-0.2, -0.15) is 13.2 Å². The molecule has 0 bridgehead atoms. The summed E-state index contributed by atoms with van der Waals surface area (Å²) in [5.41, 5.74) is 4.36. The predicted molar refractivity (Wildman–Crippen MR) is 104 cm³/mol. The molecule has 2 heterocycles. The van der Waals surface area contributed by atoms with Gasteiger partial charge < -0.3 is 4.90 Å². The van der Waals surface area contributed by atoms with E-state index in [4.69, 9.17) is 0 Å². The largest absolute Gasteiger partial charge is 0.416 e. The minimum atomic E-state index is -4.36. The fourth-order valence-corrected chi connectivity index (χ4v) is 3.85. The highest BCUT2D eigenvalue weighted by Crippen LogP contribution is 2.45. The van der Waals surface area contributed by atoms with Gasteiger partial charge in [0.2, 0.25) is 0 Å². The molecule has 0 fully saturated rings. The van der Waals surface area contributed by atoms with Crippen molar-refractivity contribution in [2.45, 2.75) is 12.7 Å². The number of pyridine rings is 1. The van der Waals surface area contributed by atoms with Crippen LogP contribution < -0.4 is 4.90 Å². The standard InChI is InChI=1S/C23H15F3N2/c24-23(25,26)17-11-10-16-14-28(20-8-2-1-7-18(20)19(16)13-17)21-9-3-5-15-6-4-12-27-22(15)21/h1-13H,14H2. The van der Waals surface area contributed by atoms with Crippen LogP contribution in [0.15, 0.2) is 79.0 Å². The van der Waals surface area contributed by atoms with Crippen LogP contribution >= 0.6 is 0 Å². The van der Waals surface area contributed by atoms with Gasteiger partial charge in [-0.25, -0.2) is 0 Å². The Morgan fingerprint density at radius 3 is 2.43 bits per heavy atom. The smallest absolute Gasteiger partial charge is 0.335 e. The first kappa shape index (κ1) is 16.8. The SMILES string of the molecule is FC(F)(F)c1ccc2c(c1)-c1ccccc1N(c1cccc3cccnc13)C2. The molecule has 0 saturated heterocycles. The van der Waals surface area contributed by atoms with Gasteiger partial charge in [0, 0.05) is 29.4 Å². The van der Waals surface area contributed by atoms with Gasteiger partial charge in [-0.1, -0.05) is 42.5 Å². The Hall–Kier alpha value is -3.34. The monoisotopic (exact) mass is 376 g/mol. The zero-order valence-electron chi connectivity index (χ0n) is 14.7. The molecule has 0 N–H and O–H groups in total. The van der Waals surface area contributed by atoms with Crippen LogP contribution in [0.2, 0.25) is 0 Å². The number of nitrogens with zero attached hydrogens (tertiary/aromatic N) is 2. The van der Waals surface area contributed by atoms with Crippen molar-refractivity contribution in [1.29, 1.82) is 0 Å². The minimum Gasteiger partial charge on any atom is -0.335 e. The van der Waals surface area contributed by atoms with Gasteiger partial charge in [0.1, 0.15) is 0 Å². The molecule has 0 amide bonds. The van der Waals surface area contributed by atoms with Crippen molar-refractivity contribution in [3.63, 3.8) is 0 Å². The number of alkyl halides is 3. The first-order valence-electron chi connectivity index (χ1n) is 8.93. The van der Waals surface area contributed by atoms with Gasteiger partial charge in [-0.05, 0) is 41.5 Å². The van der Waals surface area contributed by atoms with Gasteiger partial charge in [0.15, 0.2) is 0 Å². The molecule has 1 aliphatic rings. The Morgan fingerprint density at radius 1 is 0.786 bits per heavy atom. The molecule has 2 nitrogen and oxygen atoms in total. The molecule has 0 spiro atoms. The van der Waals surface area contributed by atoms with E-state index in [9.17, 15) is 13.2 Å². The van der Waals surface area contributed by atoms with Crippen LogP contribution in [0.1, 0.15) is 11.1 Å². The summed E-state index contributed by atoms with van der Waals surface area (Å²) < 4.78 is 39.7. The Balaban J connectivity index is 1.72. The first-order valence-corrected chi connectivity index (χ1v) is 8.93. The number of halogens is 3. The summed E-state index contributed by atoms with van der Waals surface area (Å²) in [7, 11) is 0. The van der Waals surface area contributed by atoms with Gasteiger partial charge in [0.25, 0.3) is 0 Å². The maximum absolute atomic E-state index is 13.2. The van der Waals surface area contributed by atoms with E-state index in [-0.39, 0.29) is 0 Å². The normalized spacial score (nSPS) is 13.3. The summed E-state index contributed by atoms with van der Waals surface area (Å²) in [6.45, 7) is 0.486. The van der Waals surface area contributed by atoms with E-state index in [0.717, 1.165) is 39.5 Å². The Kier molecular flexibility index (Phi) is 3.66. The Labute approximate surface area is 159 Å². The van der Waals surface area contributed by atoms with E-state index in [1.165, 1.54) is 6.07 Å². The van der Waals surface area contributed by atoms with Crippen LogP contribution in [0.3, 0.4) is 0 Å². The van der Waals surface area contributed by atoms with Crippen molar-refractivity contribution < 1.29 is 13.2 Å². The van der Waals surface area contributed by atoms with Crippen LogP contribution in [0.4, 0.5) is 24.5 Å². The summed E-state index contributed by atoms with van der Waals surface area (Å²) in [5, 5.41) is 1.02. The fraction of sp³-hybridized carbons (Fsp3) is 0.0870. The van der Waals surface area contributed by atoms with Gasteiger partial charge in [-0.3, -0.25) is 4.98 Å². The molecule has 138 valence electrons. The van der Waals surface area contributed by atoms with Crippen LogP contribution in [0, 0.1) is 0 Å². The van der Waals surface area contributed by atoms with Crippen LogP contribution in [0.5, 0.6) is 0 Å². The van der Waals surface area contributed by atoms with Crippen molar-refractivity contribution in [3.05, 3.63) is 90.1 Å². The van der Waals surface area contributed by atoms with E-state index in [1.54, 1.807) is 12.3 Å². The minimum absolute atomic E-state index is 0.486. The van der Waals surface area contributed by atoms with Crippen molar-refractivity contribution >= 4 is 22.3 Å². The second-order valence-corrected chi connectivity index (χ2v) is 6.83. The molecule has 1 aromatic heterocycles. The molecule has 0 atom stereocenters. The fourth-order valence-electron chi connectivity index (χ4n) is 3.85. The molecule has 5 rings (SSSR count). The van der Waals surface area contributed by atoms with Gasteiger partial charge >= 0.3 is 6.18 Å². The number of rotatable bonds is 1. The first-order chi connectivity index (χ1) is 13.5. The molecular formula is C23H15F3N2. The quantitative estimate of drug-likeness (QED) is 0.373. The molecule has 3 aromatic carbocycles. The number of benzene rings is 3. The Morgan fingerprint density at radius 2 is 1.57 bits per heavy atom. The lowest BCUT2D eigenvalue weighted by Gasteiger charge is -2.33. The topological polar surface area (TPSA) is 16.1 Å².